The van der Waals surface area contributed by atoms with Gasteiger partial charge in [0, 0.05) is 25.0 Å². The molecule has 0 fully saturated rings. The third kappa shape index (κ3) is 5.60. The molecular weight excluding hydrogens is 278 g/mol. The van der Waals surface area contributed by atoms with Crippen molar-refractivity contribution < 1.29 is 0 Å². The average Bonchev–Trinajstić information content (AvgIpc) is 2.99. The zero-order valence-corrected chi connectivity index (χ0v) is 13.5. The summed E-state index contributed by atoms with van der Waals surface area (Å²) < 4.78 is 0. The van der Waals surface area contributed by atoms with E-state index in [0.29, 0.717) is 0 Å². The fraction of sp³-hybridized carbons (Fsp3) is 0.353. The molecule has 112 valence electrons. The number of thiophene rings is 1. The Morgan fingerprint density at radius 2 is 1.90 bits per heavy atom. The van der Waals surface area contributed by atoms with Crippen molar-refractivity contribution in [1.82, 2.24) is 10.6 Å². The van der Waals surface area contributed by atoms with Crippen LogP contribution in [0.15, 0.2) is 46.8 Å². The van der Waals surface area contributed by atoms with E-state index in [1.165, 1.54) is 16.0 Å². The lowest BCUT2D eigenvalue weighted by molar-refractivity contribution is 0.787. The molecule has 2 aromatic rings. The normalized spacial score (nSPS) is 11.4. The number of rotatable bonds is 6. The van der Waals surface area contributed by atoms with Gasteiger partial charge in [-0.25, -0.2) is 0 Å². The van der Waals surface area contributed by atoms with E-state index in [9.17, 15) is 0 Å². The molecule has 4 heteroatoms. The molecule has 21 heavy (non-hydrogen) atoms. The van der Waals surface area contributed by atoms with Crippen LogP contribution in [-0.2, 0) is 12.8 Å². The van der Waals surface area contributed by atoms with Crippen LogP contribution in [0.1, 0.15) is 16.0 Å². The van der Waals surface area contributed by atoms with Crippen LogP contribution >= 0.6 is 11.3 Å². The molecule has 0 saturated heterocycles. The number of nitrogens with one attached hydrogen (secondary N) is 2. The third-order valence-corrected chi connectivity index (χ3v) is 4.19. The lowest BCUT2D eigenvalue weighted by Crippen LogP contribution is -2.39. The van der Waals surface area contributed by atoms with Crippen molar-refractivity contribution in [2.75, 3.05) is 20.1 Å². The van der Waals surface area contributed by atoms with Gasteiger partial charge >= 0.3 is 0 Å². The first-order chi connectivity index (χ1) is 10.3. The summed E-state index contributed by atoms with van der Waals surface area (Å²) in [4.78, 5) is 5.65. The van der Waals surface area contributed by atoms with Crippen LogP contribution in [0.3, 0.4) is 0 Å². The first kappa shape index (κ1) is 15.6. The largest absolute Gasteiger partial charge is 0.356 e. The topological polar surface area (TPSA) is 36.4 Å². The fourth-order valence-electron chi connectivity index (χ4n) is 2.17. The second-order valence-corrected chi connectivity index (χ2v) is 6.03. The SMILES string of the molecule is CN=C(NCCc1cccc(C)c1)NCCc1cccs1. The summed E-state index contributed by atoms with van der Waals surface area (Å²) in [7, 11) is 1.81. The number of hydrogen-bond donors (Lipinski definition) is 2. The summed E-state index contributed by atoms with van der Waals surface area (Å²) in [5.74, 6) is 0.874. The quantitative estimate of drug-likeness (QED) is 0.635. The van der Waals surface area contributed by atoms with Crippen molar-refractivity contribution in [2.45, 2.75) is 19.8 Å². The molecule has 0 aliphatic carbocycles. The summed E-state index contributed by atoms with van der Waals surface area (Å²) in [6.07, 6.45) is 2.05. The minimum atomic E-state index is 0.874. The molecular formula is C17H23N3S. The van der Waals surface area contributed by atoms with Gasteiger partial charge in [-0.3, -0.25) is 4.99 Å². The Bertz CT molecular complexity index is 561. The molecule has 1 aromatic heterocycles. The van der Waals surface area contributed by atoms with Gasteiger partial charge in [-0.1, -0.05) is 35.9 Å². The third-order valence-electron chi connectivity index (χ3n) is 3.26. The predicted molar refractivity (Wildman–Crippen MR) is 92.3 cm³/mol. The van der Waals surface area contributed by atoms with E-state index in [2.05, 4.69) is 64.3 Å². The van der Waals surface area contributed by atoms with Gasteiger partial charge in [0.25, 0.3) is 0 Å². The van der Waals surface area contributed by atoms with E-state index in [1.54, 1.807) is 11.3 Å². The molecule has 0 bridgehead atoms. The van der Waals surface area contributed by atoms with Gasteiger partial charge in [0.05, 0.1) is 0 Å². The fourth-order valence-corrected chi connectivity index (χ4v) is 2.88. The zero-order valence-electron chi connectivity index (χ0n) is 12.7. The highest BCUT2D eigenvalue weighted by atomic mass is 32.1. The average molecular weight is 301 g/mol. The van der Waals surface area contributed by atoms with Crippen LogP contribution in [0.5, 0.6) is 0 Å². The highest BCUT2D eigenvalue weighted by Crippen LogP contribution is 2.08. The van der Waals surface area contributed by atoms with Crippen LogP contribution in [-0.4, -0.2) is 26.1 Å². The zero-order chi connectivity index (χ0) is 14.9. The number of guanidine groups is 1. The monoisotopic (exact) mass is 301 g/mol. The number of nitrogens with zero attached hydrogens (tertiary/aromatic N) is 1. The van der Waals surface area contributed by atoms with Crippen LogP contribution in [0.4, 0.5) is 0 Å². The molecule has 2 N–H and O–H groups in total. The van der Waals surface area contributed by atoms with Crippen LogP contribution < -0.4 is 10.6 Å². The molecule has 1 heterocycles. The highest BCUT2D eigenvalue weighted by Gasteiger charge is 1.99. The number of aliphatic imine (C=N–C) groups is 1. The molecule has 0 radical (unpaired) electrons. The second-order valence-electron chi connectivity index (χ2n) is 4.99. The van der Waals surface area contributed by atoms with Crippen molar-refractivity contribution in [3.63, 3.8) is 0 Å². The van der Waals surface area contributed by atoms with Crippen LogP contribution in [0, 0.1) is 6.92 Å². The molecule has 0 saturated carbocycles. The van der Waals surface area contributed by atoms with E-state index in [-0.39, 0.29) is 0 Å². The minimum absolute atomic E-state index is 0.874. The predicted octanol–water partition coefficient (Wildman–Crippen LogP) is 3.01. The molecule has 0 spiro atoms. The van der Waals surface area contributed by atoms with Gasteiger partial charge in [0.2, 0.25) is 0 Å². The first-order valence-electron chi connectivity index (χ1n) is 7.30. The Balaban J connectivity index is 1.68. The number of benzene rings is 1. The van der Waals surface area contributed by atoms with Crippen molar-refractivity contribution in [2.24, 2.45) is 4.99 Å². The van der Waals surface area contributed by atoms with Gasteiger partial charge in [-0.15, -0.1) is 11.3 Å². The van der Waals surface area contributed by atoms with E-state index < -0.39 is 0 Å². The van der Waals surface area contributed by atoms with Crippen LogP contribution in [0.2, 0.25) is 0 Å². The standard InChI is InChI=1S/C17H23N3S/c1-14-5-3-6-15(13-14)8-10-19-17(18-2)20-11-9-16-7-4-12-21-16/h3-7,12-13H,8-11H2,1-2H3,(H2,18,19,20). The molecule has 1 aromatic carbocycles. The van der Waals surface area contributed by atoms with E-state index in [0.717, 1.165) is 31.9 Å². The molecule has 0 aliphatic heterocycles. The van der Waals surface area contributed by atoms with E-state index >= 15 is 0 Å². The van der Waals surface area contributed by atoms with Crippen molar-refractivity contribution in [3.05, 3.63) is 57.8 Å². The molecule has 0 unspecified atom stereocenters. The maximum Gasteiger partial charge on any atom is 0.190 e. The number of hydrogen-bond acceptors (Lipinski definition) is 2. The van der Waals surface area contributed by atoms with E-state index in [4.69, 9.17) is 0 Å². The molecule has 2 rings (SSSR count). The second kappa shape index (κ2) is 8.47. The lowest BCUT2D eigenvalue weighted by Gasteiger charge is -2.11. The summed E-state index contributed by atoms with van der Waals surface area (Å²) in [6, 6.07) is 12.9. The Morgan fingerprint density at radius 1 is 1.10 bits per heavy atom. The highest BCUT2D eigenvalue weighted by molar-refractivity contribution is 7.09. The van der Waals surface area contributed by atoms with Gasteiger partial charge in [-0.05, 0) is 36.8 Å². The van der Waals surface area contributed by atoms with Gasteiger partial charge in [-0.2, -0.15) is 0 Å². The van der Waals surface area contributed by atoms with Crippen LogP contribution in [0.25, 0.3) is 0 Å². The van der Waals surface area contributed by atoms with Gasteiger partial charge in [0.1, 0.15) is 0 Å². The Labute approximate surface area is 131 Å². The number of aryl methyl sites for hydroxylation is 1. The molecule has 0 atom stereocenters. The van der Waals surface area contributed by atoms with Crippen molar-refractivity contribution in [3.8, 4) is 0 Å². The Hall–Kier alpha value is -1.81. The molecule has 0 aliphatic rings. The Morgan fingerprint density at radius 3 is 2.57 bits per heavy atom. The first-order valence-corrected chi connectivity index (χ1v) is 8.18. The smallest absolute Gasteiger partial charge is 0.190 e. The molecule has 0 amide bonds. The van der Waals surface area contributed by atoms with E-state index in [1.807, 2.05) is 7.05 Å². The summed E-state index contributed by atoms with van der Waals surface area (Å²) in [5, 5.41) is 8.83. The summed E-state index contributed by atoms with van der Waals surface area (Å²) in [5.41, 5.74) is 2.67. The summed E-state index contributed by atoms with van der Waals surface area (Å²) >= 11 is 1.80. The molecule has 3 nitrogen and oxygen atoms in total. The van der Waals surface area contributed by atoms with Gasteiger partial charge < -0.3 is 10.6 Å². The summed E-state index contributed by atoms with van der Waals surface area (Å²) in [6.45, 7) is 3.93. The maximum atomic E-state index is 4.25. The lowest BCUT2D eigenvalue weighted by atomic mass is 10.1. The van der Waals surface area contributed by atoms with Crippen molar-refractivity contribution >= 4 is 17.3 Å². The van der Waals surface area contributed by atoms with Gasteiger partial charge in [0.15, 0.2) is 5.96 Å². The minimum Gasteiger partial charge on any atom is -0.356 e. The Kier molecular flexibility index (Phi) is 6.28. The maximum absolute atomic E-state index is 4.25. The van der Waals surface area contributed by atoms with Crippen molar-refractivity contribution in [1.29, 1.82) is 0 Å².